The molecule has 1 N–H and O–H groups in total. The van der Waals surface area contributed by atoms with Gasteiger partial charge in [0.15, 0.2) is 0 Å². The van der Waals surface area contributed by atoms with Crippen molar-refractivity contribution in [3.63, 3.8) is 0 Å². The summed E-state index contributed by atoms with van der Waals surface area (Å²) >= 11 is 0. The van der Waals surface area contributed by atoms with Gasteiger partial charge in [-0.1, -0.05) is 49.8 Å². The van der Waals surface area contributed by atoms with Crippen LogP contribution in [0, 0.1) is 0 Å². The summed E-state index contributed by atoms with van der Waals surface area (Å²) in [7, 11) is 0. The van der Waals surface area contributed by atoms with Crippen LogP contribution in [-0.4, -0.2) is 12.1 Å². The predicted molar refractivity (Wildman–Crippen MR) is 71.6 cm³/mol. The highest BCUT2D eigenvalue weighted by Gasteiger charge is 1.95. The molecule has 17 heavy (non-hydrogen) atoms. The second kappa shape index (κ2) is 8.28. The van der Waals surface area contributed by atoms with E-state index in [4.69, 9.17) is 0 Å². The first kappa shape index (κ1) is 13.2. The van der Waals surface area contributed by atoms with Crippen LogP contribution in [0.5, 0.6) is 0 Å². The Morgan fingerprint density at radius 1 is 1.35 bits per heavy atom. The fourth-order valence-corrected chi connectivity index (χ4v) is 1.26. The number of nitrogens with zero attached hydrogens (tertiary/aromatic N) is 1. The molecule has 1 amide bonds. The molecule has 0 aliphatic carbocycles. The maximum Gasteiger partial charge on any atom is 0.240 e. The summed E-state index contributed by atoms with van der Waals surface area (Å²) in [5.74, 6) is -0.0313. The quantitative estimate of drug-likeness (QED) is 0.592. The van der Waals surface area contributed by atoms with E-state index in [1.54, 1.807) is 12.3 Å². The van der Waals surface area contributed by atoms with Gasteiger partial charge in [-0.3, -0.25) is 4.79 Å². The second-order valence-corrected chi connectivity index (χ2v) is 3.69. The van der Waals surface area contributed by atoms with Gasteiger partial charge < -0.3 is 0 Å². The minimum atomic E-state index is -0.0313. The largest absolute Gasteiger partial charge is 0.273 e. The van der Waals surface area contributed by atoms with Crippen molar-refractivity contribution in [2.24, 2.45) is 5.10 Å². The van der Waals surface area contributed by atoms with Crippen molar-refractivity contribution in [2.45, 2.75) is 26.2 Å². The molecule has 0 aromatic heterocycles. The topological polar surface area (TPSA) is 41.5 Å². The number of benzene rings is 1. The highest BCUT2D eigenvalue weighted by atomic mass is 16.2. The molecule has 1 rings (SSSR count). The van der Waals surface area contributed by atoms with Gasteiger partial charge in [0.1, 0.15) is 0 Å². The Bertz CT molecular complexity index is 382. The summed E-state index contributed by atoms with van der Waals surface area (Å²) in [4.78, 5) is 11.2. The van der Waals surface area contributed by atoms with Gasteiger partial charge in [-0.05, 0) is 18.1 Å². The van der Waals surface area contributed by atoms with Crippen LogP contribution in [0.15, 0.2) is 41.5 Å². The number of hydrazone groups is 1. The van der Waals surface area contributed by atoms with Gasteiger partial charge in [0, 0.05) is 12.6 Å². The minimum absolute atomic E-state index is 0.0313. The maximum atomic E-state index is 11.2. The number of hydrogen-bond donors (Lipinski definition) is 1. The van der Waals surface area contributed by atoms with Crippen molar-refractivity contribution in [3.8, 4) is 0 Å². The van der Waals surface area contributed by atoms with Crippen LogP contribution in [0.1, 0.15) is 31.7 Å². The molecular weight excluding hydrogens is 212 g/mol. The molecule has 0 saturated carbocycles. The van der Waals surface area contributed by atoms with Crippen LogP contribution in [-0.2, 0) is 4.79 Å². The Morgan fingerprint density at radius 3 is 2.82 bits per heavy atom. The van der Waals surface area contributed by atoms with Crippen molar-refractivity contribution in [3.05, 3.63) is 42.0 Å². The summed E-state index contributed by atoms with van der Waals surface area (Å²) < 4.78 is 0. The number of amides is 1. The highest BCUT2D eigenvalue weighted by molar-refractivity contribution is 5.81. The first-order valence-corrected chi connectivity index (χ1v) is 5.86. The number of carbonyl (C=O) groups is 1. The smallest absolute Gasteiger partial charge is 0.240 e. The fourth-order valence-electron chi connectivity index (χ4n) is 1.26. The number of allylic oxidation sites excluding steroid dienone is 1. The lowest BCUT2D eigenvalue weighted by Gasteiger charge is -1.95. The van der Waals surface area contributed by atoms with E-state index in [1.807, 2.05) is 36.4 Å². The van der Waals surface area contributed by atoms with E-state index in [0.717, 1.165) is 18.4 Å². The summed E-state index contributed by atoms with van der Waals surface area (Å²) in [6, 6.07) is 9.93. The normalized spacial score (nSPS) is 11.1. The number of hydrogen-bond acceptors (Lipinski definition) is 2. The van der Waals surface area contributed by atoms with Gasteiger partial charge in [0.25, 0.3) is 0 Å². The molecule has 1 aromatic carbocycles. The lowest BCUT2D eigenvalue weighted by atomic mass is 10.2. The molecule has 0 atom stereocenters. The van der Waals surface area contributed by atoms with E-state index in [2.05, 4.69) is 17.5 Å². The zero-order valence-electron chi connectivity index (χ0n) is 10.1. The van der Waals surface area contributed by atoms with Gasteiger partial charge >= 0.3 is 0 Å². The fraction of sp³-hybridized carbons (Fsp3) is 0.286. The summed E-state index contributed by atoms with van der Waals surface area (Å²) in [6.07, 6.45) is 7.77. The number of unbranched alkanes of at least 4 members (excludes halogenated alkanes) is 1. The average Bonchev–Trinajstić information content (AvgIpc) is 2.37. The van der Waals surface area contributed by atoms with Crippen molar-refractivity contribution in [1.29, 1.82) is 0 Å². The van der Waals surface area contributed by atoms with Gasteiger partial charge in [0.2, 0.25) is 5.91 Å². The molecule has 90 valence electrons. The Labute approximate surface area is 102 Å². The van der Waals surface area contributed by atoms with Gasteiger partial charge in [-0.2, -0.15) is 5.10 Å². The van der Waals surface area contributed by atoms with E-state index in [-0.39, 0.29) is 5.91 Å². The maximum absolute atomic E-state index is 11.2. The van der Waals surface area contributed by atoms with Crippen molar-refractivity contribution < 1.29 is 4.79 Å². The molecule has 0 saturated heterocycles. The molecule has 0 aliphatic heterocycles. The van der Waals surface area contributed by atoms with Gasteiger partial charge in [-0.15, -0.1) is 0 Å². The predicted octanol–water partition coefficient (Wildman–Crippen LogP) is 2.99. The minimum Gasteiger partial charge on any atom is -0.273 e. The lowest BCUT2D eigenvalue weighted by molar-refractivity contribution is -0.121. The molecule has 0 spiro atoms. The van der Waals surface area contributed by atoms with Crippen molar-refractivity contribution in [2.75, 3.05) is 0 Å². The zero-order chi connectivity index (χ0) is 12.3. The molecule has 0 unspecified atom stereocenters. The van der Waals surface area contributed by atoms with E-state index in [1.165, 1.54) is 0 Å². The van der Waals surface area contributed by atoms with Crippen LogP contribution in [0.2, 0.25) is 0 Å². The monoisotopic (exact) mass is 230 g/mol. The van der Waals surface area contributed by atoms with Gasteiger partial charge in [-0.25, -0.2) is 5.43 Å². The highest BCUT2D eigenvalue weighted by Crippen LogP contribution is 1.99. The van der Waals surface area contributed by atoms with Crippen molar-refractivity contribution >= 4 is 18.2 Å². The average molecular weight is 230 g/mol. The van der Waals surface area contributed by atoms with E-state index in [9.17, 15) is 4.79 Å². The third kappa shape index (κ3) is 6.30. The van der Waals surface area contributed by atoms with Crippen LogP contribution < -0.4 is 5.43 Å². The van der Waals surface area contributed by atoms with E-state index >= 15 is 0 Å². The third-order valence-electron chi connectivity index (χ3n) is 2.20. The van der Waals surface area contributed by atoms with E-state index < -0.39 is 0 Å². The summed E-state index contributed by atoms with van der Waals surface area (Å²) in [6.45, 7) is 2.05. The summed E-state index contributed by atoms with van der Waals surface area (Å²) in [5, 5.41) is 3.83. The standard InChI is InChI=1S/C14H18N2O/c1-2-3-11-14(17)16-15-12-7-10-13-8-5-4-6-9-13/h4-10,12H,2-3,11H2,1H3,(H,16,17). The molecule has 0 heterocycles. The Kier molecular flexibility index (Phi) is 6.41. The summed E-state index contributed by atoms with van der Waals surface area (Å²) in [5.41, 5.74) is 3.59. The van der Waals surface area contributed by atoms with Gasteiger partial charge in [0.05, 0.1) is 0 Å². The number of rotatable bonds is 6. The molecule has 0 radical (unpaired) electrons. The lowest BCUT2D eigenvalue weighted by Crippen LogP contribution is -2.16. The third-order valence-corrected chi connectivity index (χ3v) is 2.20. The Balaban J connectivity index is 2.26. The molecule has 0 fully saturated rings. The SMILES string of the molecule is CCCCC(=O)NN=CC=Cc1ccccc1. The second-order valence-electron chi connectivity index (χ2n) is 3.69. The molecule has 1 aromatic rings. The van der Waals surface area contributed by atoms with Crippen LogP contribution in [0.4, 0.5) is 0 Å². The number of carbonyl (C=O) groups excluding carboxylic acids is 1. The Hall–Kier alpha value is -1.90. The Morgan fingerprint density at radius 2 is 2.12 bits per heavy atom. The molecule has 0 bridgehead atoms. The van der Waals surface area contributed by atoms with E-state index in [0.29, 0.717) is 6.42 Å². The van der Waals surface area contributed by atoms with Crippen LogP contribution in [0.3, 0.4) is 0 Å². The molecular formula is C14H18N2O. The first-order chi connectivity index (χ1) is 8.33. The molecule has 3 nitrogen and oxygen atoms in total. The molecule has 0 aliphatic rings. The zero-order valence-corrected chi connectivity index (χ0v) is 10.1. The number of nitrogens with one attached hydrogen (secondary N) is 1. The first-order valence-electron chi connectivity index (χ1n) is 5.86. The van der Waals surface area contributed by atoms with Crippen molar-refractivity contribution in [1.82, 2.24) is 5.43 Å². The van der Waals surface area contributed by atoms with Crippen LogP contribution >= 0.6 is 0 Å². The molecule has 3 heteroatoms. The van der Waals surface area contributed by atoms with Crippen LogP contribution in [0.25, 0.3) is 6.08 Å².